The molecule has 90 valence electrons. The molecule has 0 saturated heterocycles. The van der Waals surface area contributed by atoms with Crippen LogP contribution in [0.1, 0.15) is 11.1 Å². The van der Waals surface area contributed by atoms with Crippen molar-refractivity contribution in [3.05, 3.63) is 29.3 Å². The minimum Gasteiger partial charge on any atom is -0.374 e. The van der Waals surface area contributed by atoms with Crippen molar-refractivity contribution in [2.45, 2.75) is 13.1 Å². The van der Waals surface area contributed by atoms with Crippen LogP contribution in [0.3, 0.4) is 0 Å². The molecule has 0 radical (unpaired) electrons. The molecule has 1 aromatic heterocycles. The van der Waals surface area contributed by atoms with Gasteiger partial charge in [0.15, 0.2) is 0 Å². The molecule has 0 atom stereocenters. The molecule has 0 aliphatic carbocycles. The number of aromatic nitrogens is 2. The Morgan fingerprint density at radius 2 is 1.94 bits per heavy atom. The summed E-state index contributed by atoms with van der Waals surface area (Å²) in [7, 11) is 0. The first-order chi connectivity index (χ1) is 7.89. The van der Waals surface area contributed by atoms with Crippen LogP contribution in [-0.2, 0) is 6.18 Å². The molecule has 2 aromatic rings. The lowest BCUT2D eigenvalue weighted by molar-refractivity contribution is -0.138. The zero-order valence-corrected chi connectivity index (χ0v) is 9.56. The average Bonchev–Trinajstić information content (AvgIpc) is 2.63. The zero-order valence-electron chi connectivity index (χ0n) is 8.75. The Morgan fingerprint density at radius 3 is 2.47 bits per heavy atom. The zero-order chi connectivity index (χ0) is 12.6. The van der Waals surface area contributed by atoms with Crippen LogP contribution in [0, 0.1) is 6.92 Å². The van der Waals surface area contributed by atoms with E-state index in [1.54, 1.807) is 6.07 Å². The Labute approximate surface area is 99.1 Å². The summed E-state index contributed by atoms with van der Waals surface area (Å²) in [4.78, 5) is 0. The van der Waals surface area contributed by atoms with Gasteiger partial charge in [-0.25, -0.2) is 0 Å². The number of nitrogens with zero attached hydrogens (tertiary/aromatic N) is 2. The molecule has 0 unspecified atom stereocenters. The first-order valence-electron chi connectivity index (χ1n) is 4.66. The number of benzene rings is 1. The molecular weight excluding hydrogens is 251 g/mol. The number of hydrogen-bond acceptors (Lipinski definition) is 4. The van der Waals surface area contributed by atoms with Crippen molar-refractivity contribution in [1.29, 1.82) is 0 Å². The quantitative estimate of drug-likeness (QED) is 0.856. The van der Waals surface area contributed by atoms with Crippen molar-refractivity contribution in [3.63, 3.8) is 0 Å². The molecule has 0 saturated carbocycles. The van der Waals surface area contributed by atoms with Gasteiger partial charge in [0, 0.05) is 5.56 Å². The van der Waals surface area contributed by atoms with Crippen LogP contribution in [0.15, 0.2) is 18.2 Å². The van der Waals surface area contributed by atoms with E-state index < -0.39 is 11.7 Å². The minimum absolute atomic E-state index is 0.135. The fraction of sp³-hybridized carbons (Fsp3) is 0.200. The van der Waals surface area contributed by atoms with E-state index in [2.05, 4.69) is 10.2 Å². The molecule has 3 nitrogen and oxygen atoms in total. The summed E-state index contributed by atoms with van der Waals surface area (Å²) >= 11 is 1.06. The largest absolute Gasteiger partial charge is 0.416 e. The average molecular weight is 259 g/mol. The highest BCUT2D eigenvalue weighted by molar-refractivity contribution is 7.18. The van der Waals surface area contributed by atoms with Crippen LogP contribution < -0.4 is 5.73 Å². The molecule has 2 N–H and O–H groups in total. The van der Waals surface area contributed by atoms with Gasteiger partial charge < -0.3 is 5.73 Å². The maximum absolute atomic E-state index is 12.7. The van der Waals surface area contributed by atoms with Crippen molar-refractivity contribution < 1.29 is 13.2 Å². The smallest absolute Gasteiger partial charge is 0.374 e. The molecule has 0 aliphatic rings. The van der Waals surface area contributed by atoms with E-state index in [4.69, 9.17) is 5.73 Å². The summed E-state index contributed by atoms with van der Waals surface area (Å²) in [6.07, 6.45) is -4.36. The van der Waals surface area contributed by atoms with E-state index in [9.17, 15) is 13.2 Å². The van der Waals surface area contributed by atoms with Crippen LogP contribution in [0.25, 0.3) is 10.6 Å². The van der Waals surface area contributed by atoms with E-state index in [-0.39, 0.29) is 10.7 Å². The predicted octanol–water partition coefficient (Wildman–Crippen LogP) is 3.11. The fourth-order valence-electron chi connectivity index (χ4n) is 1.52. The maximum Gasteiger partial charge on any atom is 0.416 e. The van der Waals surface area contributed by atoms with E-state index >= 15 is 0 Å². The third-order valence-electron chi connectivity index (χ3n) is 2.31. The normalized spacial score (nSPS) is 11.8. The molecule has 1 aromatic carbocycles. The van der Waals surface area contributed by atoms with Crippen LogP contribution in [0.5, 0.6) is 0 Å². The summed E-state index contributed by atoms with van der Waals surface area (Å²) in [5.74, 6) is 0. The molecule has 0 fully saturated rings. The van der Waals surface area contributed by atoms with E-state index in [1.807, 2.05) is 0 Å². The summed E-state index contributed by atoms with van der Waals surface area (Å²) in [5.41, 5.74) is 5.30. The molecule has 2 rings (SSSR count). The van der Waals surface area contributed by atoms with Gasteiger partial charge in [0.1, 0.15) is 5.01 Å². The summed E-state index contributed by atoms with van der Waals surface area (Å²) in [6.45, 7) is 1.41. The van der Waals surface area contributed by atoms with Gasteiger partial charge in [0.05, 0.1) is 5.56 Å². The van der Waals surface area contributed by atoms with E-state index in [0.29, 0.717) is 10.6 Å². The SMILES string of the molecule is Cc1c(-c2nnc(N)s2)cccc1C(F)(F)F. The molecule has 0 amide bonds. The van der Waals surface area contributed by atoms with Crippen molar-refractivity contribution in [2.75, 3.05) is 5.73 Å². The second-order valence-corrected chi connectivity index (χ2v) is 4.43. The predicted molar refractivity (Wildman–Crippen MR) is 59.5 cm³/mol. The number of anilines is 1. The Morgan fingerprint density at radius 1 is 1.24 bits per heavy atom. The van der Waals surface area contributed by atoms with Gasteiger partial charge in [-0.3, -0.25) is 0 Å². The van der Waals surface area contributed by atoms with Crippen LogP contribution in [0.2, 0.25) is 0 Å². The second-order valence-electron chi connectivity index (χ2n) is 3.42. The first kappa shape index (κ1) is 11.8. The van der Waals surface area contributed by atoms with Gasteiger partial charge in [-0.05, 0) is 18.6 Å². The topological polar surface area (TPSA) is 51.8 Å². The van der Waals surface area contributed by atoms with Crippen molar-refractivity contribution in [1.82, 2.24) is 10.2 Å². The minimum atomic E-state index is -4.36. The number of rotatable bonds is 1. The monoisotopic (exact) mass is 259 g/mol. The van der Waals surface area contributed by atoms with E-state index in [0.717, 1.165) is 17.4 Å². The van der Waals surface area contributed by atoms with Gasteiger partial charge in [-0.2, -0.15) is 13.2 Å². The maximum atomic E-state index is 12.7. The van der Waals surface area contributed by atoms with Gasteiger partial charge >= 0.3 is 6.18 Å². The Hall–Kier alpha value is -1.63. The lowest BCUT2D eigenvalue weighted by atomic mass is 10.0. The molecular formula is C10H8F3N3S. The molecule has 0 spiro atoms. The first-order valence-corrected chi connectivity index (χ1v) is 5.47. The van der Waals surface area contributed by atoms with Crippen LogP contribution in [-0.4, -0.2) is 10.2 Å². The van der Waals surface area contributed by atoms with Crippen LogP contribution in [0.4, 0.5) is 18.3 Å². The van der Waals surface area contributed by atoms with Gasteiger partial charge in [0.25, 0.3) is 0 Å². The van der Waals surface area contributed by atoms with Crippen molar-refractivity contribution in [2.24, 2.45) is 0 Å². The Balaban J connectivity index is 2.57. The van der Waals surface area contributed by atoms with E-state index in [1.165, 1.54) is 13.0 Å². The van der Waals surface area contributed by atoms with Gasteiger partial charge in [-0.15, -0.1) is 10.2 Å². The summed E-state index contributed by atoms with van der Waals surface area (Å²) in [5, 5.41) is 7.96. The molecule has 1 heterocycles. The molecule has 0 aliphatic heterocycles. The lowest BCUT2D eigenvalue weighted by Crippen LogP contribution is -2.07. The fourth-order valence-corrected chi connectivity index (χ4v) is 2.21. The third kappa shape index (κ3) is 2.23. The number of nitrogen functional groups attached to an aromatic ring is 1. The third-order valence-corrected chi connectivity index (χ3v) is 3.10. The van der Waals surface area contributed by atoms with Gasteiger partial charge in [0.2, 0.25) is 5.13 Å². The standard InChI is InChI=1S/C10H8F3N3S/c1-5-6(8-15-16-9(14)17-8)3-2-4-7(5)10(11,12)13/h2-4H,1H3,(H2,14,16). The number of nitrogens with two attached hydrogens (primary N) is 1. The summed E-state index contributed by atoms with van der Waals surface area (Å²) < 4.78 is 38.1. The molecule has 0 bridgehead atoms. The van der Waals surface area contributed by atoms with Crippen molar-refractivity contribution in [3.8, 4) is 10.6 Å². The molecule has 7 heteroatoms. The highest BCUT2D eigenvalue weighted by Crippen LogP contribution is 2.36. The Bertz CT molecular complexity index is 548. The highest BCUT2D eigenvalue weighted by atomic mass is 32.1. The van der Waals surface area contributed by atoms with Crippen LogP contribution >= 0.6 is 11.3 Å². The summed E-state index contributed by atoms with van der Waals surface area (Å²) in [6, 6.07) is 3.97. The van der Waals surface area contributed by atoms with Gasteiger partial charge in [-0.1, -0.05) is 23.5 Å². The lowest BCUT2D eigenvalue weighted by Gasteiger charge is -2.12. The Kier molecular flexibility index (Phi) is 2.78. The molecule has 17 heavy (non-hydrogen) atoms. The second kappa shape index (κ2) is 3.99. The highest BCUT2D eigenvalue weighted by Gasteiger charge is 2.33. The number of alkyl halides is 3. The van der Waals surface area contributed by atoms with Crippen molar-refractivity contribution >= 4 is 16.5 Å². The number of halogens is 3. The number of hydrogen-bond donors (Lipinski definition) is 1.